The van der Waals surface area contributed by atoms with E-state index >= 15 is 0 Å². The maximum atomic E-state index is 13.1. The summed E-state index contributed by atoms with van der Waals surface area (Å²) in [7, 11) is -3.75. The predicted octanol–water partition coefficient (Wildman–Crippen LogP) is 3.87. The third kappa shape index (κ3) is 4.61. The van der Waals surface area contributed by atoms with Crippen molar-refractivity contribution in [3.8, 4) is 0 Å². The lowest BCUT2D eigenvalue weighted by Crippen LogP contribution is -2.45. The van der Waals surface area contributed by atoms with Gasteiger partial charge in [0, 0.05) is 17.6 Å². The molecule has 2 unspecified atom stereocenters. The Morgan fingerprint density at radius 2 is 1.89 bits per heavy atom. The molecule has 1 N–H and O–H groups in total. The van der Waals surface area contributed by atoms with Crippen LogP contribution >= 0.6 is 15.9 Å². The lowest BCUT2D eigenvalue weighted by Gasteiger charge is -2.32. The van der Waals surface area contributed by atoms with Crippen molar-refractivity contribution in [2.24, 2.45) is 5.92 Å². The van der Waals surface area contributed by atoms with Crippen molar-refractivity contribution in [3.63, 3.8) is 0 Å². The van der Waals surface area contributed by atoms with Gasteiger partial charge in [-0.25, -0.2) is 12.8 Å². The second kappa shape index (κ2) is 8.71. The van der Waals surface area contributed by atoms with E-state index in [9.17, 15) is 17.6 Å². The molecule has 2 aromatic rings. The molecule has 2 atom stereocenters. The van der Waals surface area contributed by atoms with Crippen LogP contribution in [0.15, 0.2) is 57.9 Å². The number of sulfonamides is 1. The molecule has 0 aromatic heterocycles. The lowest BCUT2D eigenvalue weighted by molar-refractivity contribution is -0.126. The monoisotopic (exact) mass is 468 g/mol. The first kappa shape index (κ1) is 21.0. The van der Waals surface area contributed by atoms with E-state index in [1.54, 1.807) is 0 Å². The van der Waals surface area contributed by atoms with Crippen molar-refractivity contribution in [1.29, 1.82) is 0 Å². The van der Waals surface area contributed by atoms with Gasteiger partial charge in [-0.1, -0.05) is 34.1 Å². The number of halogens is 2. The highest BCUT2D eigenvalue weighted by Gasteiger charge is 2.33. The molecule has 1 fully saturated rings. The van der Waals surface area contributed by atoms with E-state index < -0.39 is 21.8 Å². The molecule has 1 heterocycles. The standard InChI is InChI=1S/C20H22BrFN2O3S/c1-14(18-6-2-3-7-19(18)21)23-20(25)15-5-4-12-24(13-15)28(26,27)17-10-8-16(22)9-11-17/h2-3,6-11,14-15H,4-5,12-13H2,1H3,(H,23,25). The van der Waals surface area contributed by atoms with Gasteiger partial charge in [-0.3, -0.25) is 4.79 Å². The van der Waals surface area contributed by atoms with Gasteiger partial charge in [0.2, 0.25) is 15.9 Å². The van der Waals surface area contributed by atoms with Gasteiger partial charge in [0.15, 0.2) is 0 Å². The van der Waals surface area contributed by atoms with E-state index in [1.165, 1.54) is 16.4 Å². The molecular weight excluding hydrogens is 447 g/mol. The molecule has 150 valence electrons. The Bertz CT molecular complexity index is 950. The zero-order valence-corrected chi connectivity index (χ0v) is 17.8. The van der Waals surface area contributed by atoms with E-state index in [2.05, 4.69) is 21.2 Å². The van der Waals surface area contributed by atoms with Gasteiger partial charge < -0.3 is 5.32 Å². The van der Waals surface area contributed by atoms with Crippen LogP contribution in [0.3, 0.4) is 0 Å². The molecule has 1 saturated heterocycles. The van der Waals surface area contributed by atoms with Crippen LogP contribution in [-0.2, 0) is 14.8 Å². The van der Waals surface area contributed by atoms with Crippen LogP contribution in [-0.4, -0.2) is 31.7 Å². The van der Waals surface area contributed by atoms with E-state index in [0.717, 1.165) is 22.2 Å². The quantitative estimate of drug-likeness (QED) is 0.723. The molecule has 8 heteroatoms. The van der Waals surface area contributed by atoms with Crippen LogP contribution in [0.4, 0.5) is 4.39 Å². The highest BCUT2D eigenvalue weighted by atomic mass is 79.9. The Morgan fingerprint density at radius 1 is 1.21 bits per heavy atom. The number of nitrogens with zero attached hydrogens (tertiary/aromatic N) is 1. The van der Waals surface area contributed by atoms with Crippen LogP contribution in [0.25, 0.3) is 0 Å². The summed E-state index contributed by atoms with van der Waals surface area (Å²) in [6, 6.07) is 12.2. The summed E-state index contributed by atoms with van der Waals surface area (Å²) in [6.07, 6.45) is 1.23. The molecule has 0 saturated carbocycles. The number of carbonyl (C=O) groups excluding carboxylic acids is 1. The van der Waals surface area contributed by atoms with Crippen LogP contribution in [0.1, 0.15) is 31.4 Å². The average molecular weight is 469 g/mol. The Hall–Kier alpha value is -1.77. The first-order valence-corrected chi connectivity index (χ1v) is 11.3. The van der Waals surface area contributed by atoms with Crippen molar-refractivity contribution in [3.05, 3.63) is 64.4 Å². The summed E-state index contributed by atoms with van der Waals surface area (Å²) < 4.78 is 41.0. The lowest BCUT2D eigenvalue weighted by atomic mass is 9.98. The molecule has 0 bridgehead atoms. The second-order valence-electron chi connectivity index (χ2n) is 6.91. The Morgan fingerprint density at radius 3 is 2.57 bits per heavy atom. The number of amides is 1. The molecule has 28 heavy (non-hydrogen) atoms. The Kier molecular flexibility index (Phi) is 6.52. The molecule has 0 aliphatic carbocycles. The van der Waals surface area contributed by atoms with Gasteiger partial charge >= 0.3 is 0 Å². The van der Waals surface area contributed by atoms with Crippen LogP contribution < -0.4 is 5.32 Å². The maximum Gasteiger partial charge on any atom is 0.243 e. The predicted molar refractivity (Wildman–Crippen MR) is 109 cm³/mol. The normalized spacial score (nSPS) is 19.2. The van der Waals surface area contributed by atoms with Gasteiger partial charge in [-0.15, -0.1) is 0 Å². The number of benzene rings is 2. The van der Waals surface area contributed by atoms with Crippen molar-refractivity contribution in [2.75, 3.05) is 13.1 Å². The van der Waals surface area contributed by atoms with Crippen molar-refractivity contribution >= 4 is 31.9 Å². The zero-order chi connectivity index (χ0) is 20.3. The number of hydrogen-bond acceptors (Lipinski definition) is 3. The zero-order valence-electron chi connectivity index (χ0n) is 15.4. The Balaban J connectivity index is 1.69. The number of nitrogens with one attached hydrogen (secondary N) is 1. The van der Waals surface area contributed by atoms with Crippen molar-refractivity contribution < 1.29 is 17.6 Å². The summed E-state index contributed by atoms with van der Waals surface area (Å²) in [5, 5.41) is 2.99. The molecule has 5 nitrogen and oxygen atoms in total. The fourth-order valence-corrected chi connectivity index (χ4v) is 5.52. The van der Waals surface area contributed by atoms with Crippen LogP contribution in [0.5, 0.6) is 0 Å². The number of piperidine rings is 1. The highest BCUT2D eigenvalue weighted by molar-refractivity contribution is 9.10. The third-order valence-electron chi connectivity index (χ3n) is 4.94. The number of rotatable bonds is 5. The van der Waals surface area contributed by atoms with E-state index in [1.807, 2.05) is 31.2 Å². The smallest absolute Gasteiger partial charge is 0.243 e. The highest BCUT2D eigenvalue weighted by Crippen LogP contribution is 2.26. The molecule has 1 aliphatic rings. The minimum atomic E-state index is -3.75. The number of carbonyl (C=O) groups is 1. The molecule has 0 radical (unpaired) electrons. The summed E-state index contributed by atoms with van der Waals surface area (Å²) in [4.78, 5) is 12.8. The summed E-state index contributed by atoms with van der Waals surface area (Å²) in [5.41, 5.74) is 0.961. The minimum absolute atomic E-state index is 0.0385. The van der Waals surface area contributed by atoms with Crippen molar-refractivity contribution in [2.45, 2.75) is 30.7 Å². The first-order chi connectivity index (χ1) is 13.3. The molecular formula is C20H22BrFN2O3S. The maximum absolute atomic E-state index is 13.1. The molecule has 2 aromatic carbocycles. The molecule has 1 amide bonds. The van der Waals surface area contributed by atoms with Gasteiger partial charge in [-0.05, 0) is 55.7 Å². The molecule has 3 rings (SSSR count). The fraction of sp³-hybridized carbons (Fsp3) is 0.350. The summed E-state index contributed by atoms with van der Waals surface area (Å²) in [6.45, 7) is 2.37. The second-order valence-corrected chi connectivity index (χ2v) is 9.70. The topological polar surface area (TPSA) is 66.5 Å². The van der Waals surface area contributed by atoms with Gasteiger partial charge in [-0.2, -0.15) is 4.31 Å². The van der Waals surface area contributed by atoms with E-state index in [0.29, 0.717) is 19.4 Å². The van der Waals surface area contributed by atoms with Crippen molar-refractivity contribution in [1.82, 2.24) is 9.62 Å². The van der Waals surface area contributed by atoms with Crippen LogP contribution in [0, 0.1) is 11.7 Å². The molecule has 0 spiro atoms. The first-order valence-electron chi connectivity index (χ1n) is 9.09. The van der Waals surface area contributed by atoms with Gasteiger partial charge in [0.05, 0.1) is 16.9 Å². The fourth-order valence-electron chi connectivity index (χ4n) is 3.37. The SMILES string of the molecule is CC(NC(=O)C1CCCN(S(=O)(=O)c2ccc(F)cc2)C1)c1ccccc1Br. The largest absolute Gasteiger partial charge is 0.349 e. The third-order valence-corrected chi connectivity index (χ3v) is 7.54. The average Bonchev–Trinajstić information content (AvgIpc) is 2.68. The number of hydrogen-bond donors (Lipinski definition) is 1. The van der Waals surface area contributed by atoms with Crippen LogP contribution in [0.2, 0.25) is 0 Å². The minimum Gasteiger partial charge on any atom is -0.349 e. The molecule has 1 aliphatic heterocycles. The van der Waals surface area contributed by atoms with Gasteiger partial charge in [0.25, 0.3) is 0 Å². The van der Waals surface area contributed by atoms with Gasteiger partial charge in [0.1, 0.15) is 5.82 Å². The Labute approximate surface area is 173 Å². The van der Waals surface area contributed by atoms with E-state index in [-0.39, 0.29) is 23.4 Å². The van der Waals surface area contributed by atoms with E-state index in [4.69, 9.17) is 0 Å². The summed E-state index contributed by atoms with van der Waals surface area (Å²) >= 11 is 3.48. The summed E-state index contributed by atoms with van der Waals surface area (Å²) in [5.74, 6) is -1.08.